The molecule has 4 nitrogen and oxygen atoms in total. The molecule has 0 saturated heterocycles. The van der Waals surface area contributed by atoms with Gasteiger partial charge in [-0.2, -0.15) is 5.10 Å². The quantitative estimate of drug-likeness (QED) is 0.796. The Hall–Kier alpha value is -0.870. The minimum absolute atomic E-state index is 0.242. The molecule has 2 N–H and O–H groups in total. The van der Waals surface area contributed by atoms with E-state index in [0.717, 1.165) is 18.7 Å². The van der Waals surface area contributed by atoms with Crippen molar-refractivity contribution < 1.29 is 5.11 Å². The first kappa shape index (κ1) is 14.5. The van der Waals surface area contributed by atoms with Crippen molar-refractivity contribution in [1.82, 2.24) is 15.1 Å². The maximum Gasteiger partial charge on any atom is 0.0762 e. The lowest BCUT2D eigenvalue weighted by Gasteiger charge is -2.21. The van der Waals surface area contributed by atoms with E-state index in [-0.39, 0.29) is 6.61 Å². The predicted octanol–water partition coefficient (Wildman–Crippen LogP) is 2.49. The van der Waals surface area contributed by atoms with Gasteiger partial charge in [0.2, 0.25) is 0 Å². The molecule has 1 fully saturated rings. The fourth-order valence-corrected chi connectivity index (χ4v) is 2.89. The molecule has 1 aromatic heterocycles. The molecule has 1 aliphatic rings. The topological polar surface area (TPSA) is 50.1 Å². The van der Waals surface area contributed by atoms with Crippen LogP contribution in [0.5, 0.6) is 0 Å². The SMILES string of the molecule is CC(C)C(CCO)NCc1ccn(C2CCCC2)n1. The fourth-order valence-electron chi connectivity index (χ4n) is 2.89. The molecule has 2 rings (SSSR count). The number of hydrogen-bond acceptors (Lipinski definition) is 3. The van der Waals surface area contributed by atoms with E-state index in [2.05, 4.69) is 41.2 Å². The van der Waals surface area contributed by atoms with Gasteiger partial charge in [0, 0.05) is 25.4 Å². The van der Waals surface area contributed by atoms with Gasteiger partial charge in [-0.05, 0) is 31.2 Å². The van der Waals surface area contributed by atoms with Crippen molar-refractivity contribution in [2.24, 2.45) is 5.92 Å². The van der Waals surface area contributed by atoms with Crippen molar-refractivity contribution in [3.8, 4) is 0 Å². The summed E-state index contributed by atoms with van der Waals surface area (Å²) in [5.74, 6) is 0.532. The van der Waals surface area contributed by atoms with Crippen LogP contribution >= 0.6 is 0 Å². The Morgan fingerprint density at radius 2 is 2.16 bits per heavy atom. The third-order valence-electron chi connectivity index (χ3n) is 4.15. The second kappa shape index (κ2) is 7.06. The van der Waals surface area contributed by atoms with Crippen LogP contribution in [0.4, 0.5) is 0 Å². The second-order valence-corrected chi connectivity index (χ2v) is 5.97. The number of nitrogens with zero attached hydrogens (tertiary/aromatic N) is 2. The molecule has 0 bridgehead atoms. The number of aliphatic hydroxyl groups excluding tert-OH is 1. The van der Waals surface area contributed by atoms with E-state index in [9.17, 15) is 0 Å². The molecule has 0 aromatic carbocycles. The van der Waals surface area contributed by atoms with Gasteiger partial charge in [0.1, 0.15) is 0 Å². The largest absolute Gasteiger partial charge is 0.396 e. The van der Waals surface area contributed by atoms with E-state index in [1.165, 1.54) is 25.7 Å². The van der Waals surface area contributed by atoms with Gasteiger partial charge in [-0.3, -0.25) is 4.68 Å². The first-order valence-corrected chi connectivity index (χ1v) is 7.59. The lowest BCUT2D eigenvalue weighted by atomic mass is 10.0. The average molecular weight is 265 g/mol. The number of aliphatic hydroxyl groups is 1. The highest BCUT2D eigenvalue weighted by molar-refractivity contribution is 5.00. The highest BCUT2D eigenvalue weighted by atomic mass is 16.3. The van der Waals surface area contributed by atoms with Gasteiger partial charge in [0.05, 0.1) is 11.7 Å². The predicted molar refractivity (Wildman–Crippen MR) is 76.9 cm³/mol. The molecular weight excluding hydrogens is 238 g/mol. The van der Waals surface area contributed by atoms with Crippen LogP contribution in [0.1, 0.15) is 57.7 Å². The van der Waals surface area contributed by atoms with Crippen LogP contribution < -0.4 is 5.32 Å². The Balaban J connectivity index is 1.85. The minimum Gasteiger partial charge on any atom is -0.396 e. The monoisotopic (exact) mass is 265 g/mol. The van der Waals surface area contributed by atoms with Gasteiger partial charge in [-0.15, -0.1) is 0 Å². The molecule has 0 aliphatic heterocycles. The van der Waals surface area contributed by atoms with Gasteiger partial charge in [-0.1, -0.05) is 26.7 Å². The standard InChI is InChI=1S/C15H27N3O/c1-12(2)15(8-10-19)16-11-13-7-9-18(17-13)14-5-3-4-6-14/h7,9,12,14-16,19H,3-6,8,10-11H2,1-2H3. The molecule has 1 unspecified atom stereocenters. The Kier molecular flexibility index (Phi) is 5.40. The van der Waals surface area contributed by atoms with Crippen molar-refractivity contribution in [3.05, 3.63) is 18.0 Å². The van der Waals surface area contributed by atoms with Crippen molar-refractivity contribution in [2.75, 3.05) is 6.61 Å². The third kappa shape index (κ3) is 4.05. The smallest absolute Gasteiger partial charge is 0.0762 e. The summed E-state index contributed by atoms with van der Waals surface area (Å²) in [5.41, 5.74) is 1.11. The summed E-state index contributed by atoms with van der Waals surface area (Å²) in [5, 5.41) is 17.3. The van der Waals surface area contributed by atoms with E-state index < -0.39 is 0 Å². The number of rotatable bonds is 7. The second-order valence-electron chi connectivity index (χ2n) is 5.97. The van der Waals surface area contributed by atoms with E-state index in [1.807, 2.05) is 0 Å². The summed E-state index contributed by atoms with van der Waals surface area (Å²) >= 11 is 0. The van der Waals surface area contributed by atoms with Gasteiger partial charge in [0.15, 0.2) is 0 Å². The van der Waals surface area contributed by atoms with Gasteiger partial charge < -0.3 is 10.4 Å². The van der Waals surface area contributed by atoms with E-state index in [4.69, 9.17) is 5.11 Å². The van der Waals surface area contributed by atoms with Crippen molar-refractivity contribution >= 4 is 0 Å². The van der Waals surface area contributed by atoms with Crippen LogP contribution in [-0.2, 0) is 6.54 Å². The summed E-state index contributed by atoms with van der Waals surface area (Å²) in [6.45, 7) is 5.41. The molecule has 1 heterocycles. The minimum atomic E-state index is 0.242. The fraction of sp³-hybridized carbons (Fsp3) is 0.800. The van der Waals surface area contributed by atoms with Gasteiger partial charge in [0.25, 0.3) is 0 Å². The Labute approximate surface area is 116 Å². The number of hydrogen-bond donors (Lipinski definition) is 2. The summed E-state index contributed by atoms with van der Waals surface area (Å²) in [6.07, 6.45) is 8.14. The van der Waals surface area contributed by atoms with Crippen LogP contribution in [0.15, 0.2) is 12.3 Å². The molecule has 0 spiro atoms. The molecule has 1 aliphatic carbocycles. The highest BCUT2D eigenvalue weighted by Crippen LogP contribution is 2.28. The molecule has 1 saturated carbocycles. The maximum atomic E-state index is 9.07. The van der Waals surface area contributed by atoms with Crippen LogP contribution in [0.25, 0.3) is 0 Å². The molecular formula is C15H27N3O. The van der Waals surface area contributed by atoms with E-state index in [1.54, 1.807) is 0 Å². The summed E-state index contributed by atoms with van der Waals surface area (Å²) in [6, 6.07) is 3.09. The van der Waals surface area contributed by atoms with E-state index >= 15 is 0 Å². The van der Waals surface area contributed by atoms with Crippen LogP contribution in [0, 0.1) is 5.92 Å². The summed E-state index contributed by atoms with van der Waals surface area (Å²) in [4.78, 5) is 0. The molecule has 1 aromatic rings. The molecule has 1 atom stereocenters. The average Bonchev–Trinajstić information content (AvgIpc) is 3.04. The Morgan fingerprint density at radius 3 is 2.79 bits per heavy atom. The lowest BCUT2D eigenvalue weighted by molar-refractivity contribution is 0.243. The third-order valence-corrected chi connectivity index (χ3v) is 4.15. The first-order chi connectivity index (χ1) is 9.20. The summed E-state index contributed by atoms with van der Waals surface area (Å²) in [7, 11) is 0. The molecule has 108 valence electrons. The molecule has 19 heavy (non-hydrogen) atoms. The molecule has 4 heteroatoms. The summed E-state index contributed by atoms with van der Waals surface area (Å²) < 4.78 is 2.14. The first-order valence-electron chi connectivity index (χ1n) is 7.59. The lowest BCUT2D eigenvalue weighted by Crippen LogP contribution is -2.34. The maximum absolute atomic E-state index is 9.07. The Morgan fingerprint density at radius 1 is 1.42 bits per heavy atom. The molecule has 0 radical (unpaired) electrons. The zero-order valence-electron chi connectivity index (χ0n) is 12.2. The Bertz CT molecular complexity index is 369. The van der Waals surface area contributed by atoms with Crippen LogP contribution in [0.2, 0.25) is 0 Å². The zero-order valence-corrected chi connectivity index (χ0v) is 12.2. The van der Waals surface area contributed by atoms with Gasteiger partial charge in [-0.25, -0.2) is 0 Å². The van der Waals surface area contributed by atoms with Crippen LogP contribution in [0.3, 0.4) is 0 Å². The zero-order chi connectivity index (χ0) is 13.7. The van der Waals surface area contributed by atoms with Crippen molar-refractivity contribution in [1.29, 1.82) is 0 Å². The van der Waals surface area contributed by atoms with Crippen LogP contribution in [-0.4, -0.2) is 27.5 Å². The molecule has 0 amide bonds. The van der Waals surface area contributed by atoms with Gasteiger partial charge >= 0.3 is 0 Å². The highest BCUT2D eigenvalue weighted by Gasteiger charge is 2.18. The normalized spacial score (nSPS) is 18.3. The van der Waals surface area contributed by atoms with Crippen molar-refractivity contribution in [2.45, 2.75) is 64.6 Å². The number of aromatic nitrogens is 2. The van der Waals surface area contributed by atoms with E-state index in [0.29, 0.717) is 18.0 Å². The number of nitrogens with one attached hydrogen (secondary N) is 1. The van der Waals surface area contributed by atoms with Crippen molar-refractivity contribution in [3.63, 3.8) is 0 Å².